The number of amides is 1. The summed E-state index contributed by atoms with van der Waals surface area (Å²) in [6.07, 6.45) is 5.50. The number of hydrogen-bond acceptors (Lipinski definition) is 3. The van der Waals surface area contributed by atoms with Gasteiger partial charge < -0.3 is 5.11 Å². The van der Waals surface area contributed by atoms with E-state index in [9.17, 15) is 14.1 Å². The van der Waals surface area contributed by atoms with Gasteiger partial charge in [0.05, 0.1) is 4.91 Å². The summed E-state index contributed by atoms with van der Waals surface area (Å²) in [5.41, 5.74) is 8.03. The smallest absolute Gasteiger partial charge is 0.257 e. The molecule has 0 fully saturated rings. The highest BCUT2D eigenvalue weighted by Crippen LogP contribution is 2.44. The lowest BCUT2D eigenvalue weighted by atomic mass is 9.90. The van der Waals surface area contributed by atoms with Crippen molar-refractivity contribution in [2.45, 2.75) is 38.5 Å². The molecule has 0 saturated heterocycles. The van der Waals surface area contributed by atoms with Crippen molar-refractivity contribution >= 4 is 21.8 Å². The van der Waals surface area contributed by atoms with Gasteiger partial charge in [-0.15, -0.1) is 0 Å². The molecule has 1 aliphatic heterocycles. The Kier molecular flexibility index (Phi) is 5.43. The van der Waals surface area contributed by atoms with Gasteiger partial charge in [0.1, 0.15) is 5.75 Å². The van der Waals surface area contributed by atoms with E-state index in [4.69, 9.17) is 0 Å². The second-order valence-electron chi connectivity index (χ2n) is 8.43. The molecule has 0 radical (unpaired) electrons. The zero-order valence-electron chi connectivity index (χ0n) is 17.9. The summed E-state index contributed by atoms with van der Waals surface area (Å²) in [6, 6.07) is 20.9. The maximum Gasteiger partial charge on any atom is 0.257 e. The monoisotopic (exact) mass is 443 g/mol. The number of aryl methyl sites for hydroxylation is 1. The minimum absolute atomic E-state index is 0.0507. The molecule has 162 valence electrons. The summed E-state index contributed by atoms with van der Waals surface area (Å²) in [7, 11) is -1.62. The summed E-state index contributed by atoms with van der Waals surface area (Å²) in [4.78, 5) is 11.8. The average Bonchev–Trinajstić information content (AvgIpc) is 3.37. The van der Waals surface area contributed by atoms with Crippen LogP contribution in [-0.4, -0.2) is 15.2 Å². The average molecular weight is 444 g/mol. The van der Waals surface area contributed by atoms with Gasteiger partial charge in [-0.05, 0) is 64.8 Å². The van der Waals surface area contributed by atoms with Crippen LogP contribution >= 0.6 is 0 Å². The van der Waals surface area contributed by atoms with E-state index in [0.717, 1.165) is 31.2 Å². The molecule has 4 nitrogen and oxygen atoms in total. The van der Waals surface area contributed by atoms with Gasteiger partial charge in [0.2, 0.25) is 0 Å². The lowest BCUT2D eigenvalue weighted by Gasteiger charge is -2.15. The van der Waals surface area contributed by atoms with Gasteiger partial charge in [0.15, 0.2) is 11.0 Å². The summed E-state index contributed by atoms with van der Waals surface area (Å²) in [5, 5.41) is 10.7. The number of nitrogens with one attached hydrogen (secondary N) is 1. The van der Waals surface area contributed by atoms with Crippen molar-refractivity contribution in [1.29, 1.82) is 0 Å². The molecule has 1 aliphatic carbocycles. The quantitative estimate of drug-likeness (QED) is 0.568. The number of carbonyl (C=O) groups is 1. The highest BCUT2D eigenvalue weighted by molar-refractivity contribution is 7.94. The number of hydrogen-bond donors (Lipinski definition) is 2. The maximum absolute atomic E-state index is 12.1. The molecular formula is C27H25NO3S. The van der Waals surface area contributed by atoms with Crippen LogP contribution in [0, 0.1) is 0 Å². The molecule has 0 saturated carbocycles. The molecule has 2 atom stereocenters. The van der Waals surface area contributed by atoms with Crippen LogP contribution in [0.2, 0.25) is 0 Å². The number of fused-ring (bicyclic) bond motifs is 1. The van der Waals surface area contributed by atoms with Gasteiger partial charge in [-0.1, -0.05) is 61.9 Å². The Morgan fingerprint density at radius 3 is 2.56 bits per heavy atom. The number of rotatable bonds is 5. The second kappa shape index (κ2) is 8.40. The number of aromatic hydroxyl groups is 1. The van der Waals surface area contributed by atoms with E-state index in [2.05, 4.69) is 54.1 Å². The first kappa shape index (κ1) is 20.7. The van der Waals surface area contributed by atoms with Crippen molar-refractivity contribution < 1.29 is 14.1 Å². The lowest BCUT2D eigenvalue weighted by molar-refractivity contribution is -0.114. The number of benzene rings is 3. The normalized spacial score (nSPS) is 19.5. The molecule has 0 spiro atoms. The molecule has 5 rings (SSSR count). The van der Waals surface area contributed by atoms with Crippen LogP contribution in [0.1, 0.15) is 53.5 Å². The fourth-order valence-corrected chi connectivity index (χ4v) is 5.85. The van der Waals surface area contributed by atoms with Crippen LogP contribution in [0.15, 0.2) is 66.7 Å². The highest BCUT2D eigenvalue weighted by Gasteiger charge is 2.28. The topological polar surface area (TPSA) is 66.4 Å². The van der Waals surface area contributed by atoms with Crippen LogP contribution in [0.25, 0.3) is 16.0 Å². The van der Waals surface area contributed by atoms with Gasteiger partial charge in [0.25, 0.3) is 5.91 Å². The minimum atomic E-state index is -1.62. The third kappa shape index (κ3) is 3.67. The molecule has 3 aromatic carbocycles. The number of phenolic OH excluding ortho intramolecular Hbond substituents is 1. The summed E-state index contributed by atoms with van der Waals surface area (Å²) in [5.74, 6) is -0.149. The van der Waals surface area contributed by atoms with Crippen LogP contribution in [0.5, 0.6) is 5.75 Å². The predicted molar refractivity (Wildman–Crippen MR) is 128 cm³/mol. The summed E-state index contributed by atoms with van der Waals surface area (Å²) in [6.45, 7) is 2.20. The molecule has 2 aliphatic rings. The Bertz CT molecular complexity index is 1260. The van der Waals surface area contributed by atoms with Crippen molar-refractivity contribution in [3.8, 4) is 16.9 Å². The van der Waals surface area contributed by atoms with E-state index in [0.29, 0.717) is 10.5 Å². The molecule has 2 N–H and O–H groups in total. The molecular weight excluding hydrogens is 418 g/mol. The Labute approximate surface area is 190 Å². The van der Waals surface area contributed by atoms with Crippen molar-refractivity contribution in [2.24, 2.45) is 0 Å². The SMILES string of the molecule is CCCc1ccc(-c2cccc3c2CC[C@@H]3c2ccc(C3=CC(=O)NS3=O)c(O)c2)cc1. The fraction of sp³-hybridized carbons (Fsp3) is 0.222. The highest BCUT2D eigenvalue weighted by atomic mass is 32.2. The molecule has 32 heavy (non-hydrogen) atoms. The molecule has 1 amide bonds. The van der Waals surface area contributed by atoms with Crippen LogP contribution < -0.4 is 4.72 Å². The molecule has 1 heterocycles. The van der Waals surface area contributed by atoms with Crippen LogP contribution in [0.4, 0.5) is 0 Å². The van der Waals surface area contributed by atoms with Crippen molar-refractivity contribution in [2.75, 3.05) is 0 Å². The molecule has 5 heteroatoms. The molecule has 0 bridgehead atoms. The van der Waals surface area contributed by atoms with E-state index >= 15 is 0 Å². The standard InChI is InChI=1S/C27H25NO3S/c1-2-4-17-7-9-18(10-8-17)20-5-3-6-22-21(13-14-23(20)22)19-11-12-24(25(29)15-19)26-16-27(30)28-32(26)31/h3,5-12,15-16,21,29H,2,4,13-14H2,1H3,(H,28,30)/t21-,32?/m1/s1. The Balaban J connectivity index is 1.47. The van der Waals surface area contributed by atoms with E-state index in [1.165, 1.54) is 33.9 Å². The van der Waals surface area contributed by atoms with Crippen LogP contribution in [-0.2, 0) is 28.6 Å². The molecule has 3 aromatic rings. The van der Waals surface area contributed by atoms with Gasteiger partial charge in [-0.25, -0.2) is 4.21 Å². The van der Waals surface area contributed by atoms with Gasteiger partial charge >= 0.3 is 0 Å². The Morgan fingerprint density at radius 2 is 1.88 bits per heavy atom. The first-order valence-electron chi connectivity index (χ1n) is 11.0. The maximum atomic E-state index is 12.1. The summed E-state index contributed by atoms with van der Waals surface area (Å²) >= 11 is 0. The van der Waals surface area contributed by atoms with Crippen molar-refractivity contribution in [1.82, 2.24) is 4.72 Å². The van der Waals surface area contributed by atoms with Crippen molar-refractivity contribution in [3.05, 3.63) is 94.6 Å². The van der Waals surface area contributed by atoms with Crippen LogP contribution in [0.3, 0.4) is 0 Å². The van der Waals surface area contributed by atoms with E-state index in [1.54, 1.807) is 12.1 Å². The largest absolute Gasteiger partial charge is 0.507 e. The zero-order valence-corrected chi connectivity index (χ0v) is 18.7. The number of phenols is 1. The van der Waals surface area contributed by atoms with E-state index in [1.807, 2.05) is 6.07 Å². The first-order chi connectivity index (χ1) is 15.5. The first-order valence-corrected chi connectivity index (χ1v) is 12.2. The lowest BCUT2D eigenvalue weighted by Crippen LogP contribution is -2.16. The van der Waals surface area contributed by atoms with E-state index in [-0.39, 0.29) is 11.7 Å². The molecule has 1 unspecified atom stereocenters. The zero-order chi connectivity index (χ0) is 22.2. The van der Waals surface area contributed by atoms with E-state index < -0.39 is 16.9 Å². The summed E-state index contributed by atoms with van der Waals surface area (Å²) < 4.78 is 14.4. The van der Waals surface area contributed by atoms with Gasteiger partial charge in [-0.2, -0.15) is 0 Å². The Hall–Kier alpha value is -3.18. The second-order valence-corrected chi connectivity index (χ2v) is 9.61. The minimum Gasteiger partial charge on any atom is -0.507 e. The van der Waals surface area contributed by atoms with Crippen molar-refractivity contribution in [3.63, 3.8) is 0 Å². The fourth-order valence-electron chi connectivity index (χ4n) is 4.91. The third-order valence-electron chi connectivity index (χ3n) is 6.42. The van der Waals surface area contributed by atoms with Gasteiger partial charge in [-0.3, -0.25) is 9.52 Å². The van der Waals surface area contributed by atoms with Gasteiger partial charge in [0, 0.05) is 17.6 Å². The predicted octanol–water partition coefficient (Wildman–Crippen LogP) is 5.22. The third-order valence-corrected chi connectivity index (χ3v) is 7.54. The Morgan fingerprint density at radius 1 is 1.06 bits per heavy atom. The number of carbonyl (C=O) groups excluding carboxylic acids is 1. The molecule has 0 aromatic heterocycles.